The highest BCUT2D eigenvalue weighted by Crippen LogP contribution is 2.58. The van der Waals surface area contributed by atoms with E-state index in [-0.39, 0.29) is 17.8 Å². The number of rotatable bonds is 4. The molecule has 0 bridgehead atoms. The molecule has 2 N–H and O–H groups in total. The topological polar surface area (TPSA) is 66.4 Å². The van der Waals surface area contributed by atoms with Gasteiger partial charge in [0.25, 0.3) is 0 Å². The van der Waals surface area contributed by atoms with E-state index in [0.717, 1.165) is 5.56 Å². The van der Waals surface area contributed by atoms with Crippen molar-refractivity contribution in [2.45, 2.75) is 26.8 Å². The van der Waals surface area contributed by atoms with Gasteiger partial charge < -0.3 is 10.4 Å². The number of carboxylic acid groups (broad SMARTS) is 1. The van der Waals surface area contributed by atoms with Crippen molar-refractivity contribution in [3.05, 3.63) is 35.6 Å². The van der Waals surface area contributed by atoms with Crippen LogP contribution in [0.5, 0.6) is 0 Å². The molecule has 1 aliphatic rings. The predicted octanol–water partition coefficient (Wildman–Crippen LogP) is 2.36. The van der Waals surface area contributed by atoms with E-state index in [4.69, 9.17) is 5.11 Å². The van der Waals surface area contributed by atoms with Crippen molar-refractivity contribution >= 4 is 11.9 Å². The maximum absolute atomic E-state index is 12.8. The minimum atomic E-state index is -0.940. The maximum Gasteiger partial charge on any atom is 0.307 e. The zero-order chi connectivity index (χ0) is 15.1. The van der Waals surface area contributed by atoms with Crippen LogP contribution in [-0.2, 0) is 9.59 Å². The maximum atomic E-state index is 12.8. The zero-order valence-electron chi connectivity index (χ0n) is 11.7. The molecule has 0 saturated heterocycles. The Morgan fingerprint density at radius 1 is 1.25 bits per heavy atom. The summed E-state index contributed by atoms with van der Waals surface area (Å²) in [5.74, 6) is -2.68. The van der Waals surface area contributed by atoms with E-state index in [1.54, 1.807) is 32.9 Å². The standard InChI is InChI=1S/C15H18FNO3/c1-8(9-4-6-10(16)7-5-9)17-13(18)11-12(14(19)20)15(11,2)3/h4-8,11-12H,1-3H3,(H,17,18)(H,19,20)/t8-,11?,12?/m1/s1. The Hall–Kier alpha value is -1.91. The van der Waals surface area contributed by atoms with E-state index in [2.05, 4.69) is 5.32 Å². The van der Waals surface area contributed by atoms with Crippen molar-refractivity contribution in [3.8, 4) is 0 Å². The van der Waals surface area contributed by atoms with Gasteiger partial charge in [-0.2, -0.15) is 0 Å². The van der Waals surface area contributed by atoms with Crippen LogP contribution < -0.4 is 5.32 Å². The molecule has 2 unspecified atom stereocenters. The first-order valence-corrected chi connectivity index (χ1v) is 6.53. The van der Waals surface area contributed by atoms with Crippen LogP contribution in [0.4, 0.5) is 4.39 Å². The molecule has 0 aliphatic heterocycles. The second-order valence-electron chi connectivity index (χ2n) is 5.90. The van der Waals surface area contributed by atoms with Crippen LogP contribution in [-0.4, -0.2) is 17.0 Å². The van der Waals surface area contributed by atoms with Crippen LogP contribution in [0.2, 0.25) is 0 Å². The van der Waals surface area contributed by atoms with E-state index in [9.17, 15) is 14.0 Å². The summed E-state index contributed by atoms with van der Waals surface area (Å²) in [5, 5.41) is 11.9. The highest BCUT2D eigenvalue weighted by Gasteiger charge is 2.65. The van der Waals surface area contributed by atoms with Crippen LogP contribution >= 0.6 is 0 Å². The predicted molar refractivity (Wildman–Crippen MR) is 71.4 cm³/mol. The van der Waals surface area contributed by atoms with Gasteiger partial charge in [0.15, 0.2) is 0 Å². The smallest absolute Gasteiger partial charge is 0.307 e. The van der Waals surface area contributed by atoms with Crippen molar-refractivity contribution in [2.24, 2.45) is 17.3 Å². The summed E-state index contributed by atoms with van der Waals surface area (Å²) in [6, 6.07) is 5.59. The quantitative estimate of drug-likeness (QED) is 0.889. The Morgan fingerprint density at radius 2 is 1.80 bits per heavy atom. The Labute approximate surface area is 117 Å². The fraction of sp³-hybridized carbons (Fsp3) is 0.467. The van der Waals surface area contributed by atoms with Gasteiger partial charge in [-0.3, -0.25) is 9.59 Å². The Kier molecular flexibility index (Phi) is 3.54. The zero-order valence-corrected chi connectivity index (χ0v) is 11.7. The first-order valence-electron chi connectivity index (χ1n) is 6.53. The van der Waals surface area contributed by atoms with Crippen LogP contribution in [0, 0.1) is 23.1 Å². The molecular weight excluding hydrogens is 261 g/mol. The third-order valence-electron chi connectivity index (χ3n) is 4.10. The molecule has 1 saturated carbocycles. The highest BCUT2D eigenvalue weighted by atomic mass is 19.1. The van der Waals surface area contributed by atoms with Gasteiger partial charge in [-0.1, -0.05) is 26.0 Å². The van der Waals surface area contributed by atoms with E-state index >= 15 is 0 Å². The summed E-state index contributed by atoms with van der Waals surface area (Å²) >= 11 is 0. The van der Waals surface area contributed by atoms with Gasteiger partial charge in [-0.05, 0) is 30.0 Å². The lowest BCUT2D eigenvalue weighted by atomic mass is 10.1. The number of amides is 1. The largest absolute Gasteiger partial charge is 0.481 e. The van der Waals surface area contributed by atoms with Gasteiger partial charge in [0.1, 0.15) is 5.82 Å². The number of hydrogen-bond donors (Lipinski definition) is 2. The van der Waals surface area contributed by atoms with Gasteiger partial charge in [-0.25, -0.2) is 4.39 Å². The van der Waals surface area contributed by atoms with E-state index in [0.29, 0.717) is 0 Å². The summed E-state index contributed by atoms with van der Waals surface area (Å²) in [5.41, 5.74) is 0.267. The SMILES string of the molecule is C[C@@H](NC(=O)C1C(C(=O)O)C1(C)C)c1ccc(F)cc1. The second-order valence-corrected chi connectivity index (χ2v) is 5.90. The van der Waals surface area contributed by atoms with Crippen LogP contribution in [0.25, 0.3) is 0 Å². The van der Waals surface area contributed by atoms with E-state index in [1.807, 2.05) is 0 Å². The molecule has 4 nitrogen and oxygen atoms in total. The van der Waals surface area contributed by atoms with Crippen molar-refractivity contribution in [1.29, 1.82) is 0 Å². The van der Waals surface area contributed by atoms with Crippen molar-refractivity contribution in [2.75, 3.05) is 0 Å². The number of nitrogens with one attached hydrogen (secondary N) is 1. The number of halogens is 1. The van der Waals surface area contributed by atoms with Gasteiger partial charge in [-0.15, -0.1) is 0 Å². The lowest BCUT2D eigenvalue weighted by Crippen LogP contribution is -2.30. The van der Waals surface area contributed by atoms with Crippen molar-refractivity contribution in [1.82, 2.24) is 5.32 Å². The Bertz CT molecular complexity index is 539. The summed E-state index contributed by atoms with van der Waals surface area (Å²) in [6.07, 6.45) is 0. The Morgan fingerprint density at radius 3 is 2.25 bits per heavy atom. The Balaban J connectivity index is 2.02. The summed E-state index contributed by atoms with van der Waals surface area (Å²) < 4.78 is 12.8. The number of carbonyl (C=O) groups is 2. The average Bonchev–Trinajstić information content (AvgIpc) is 2.93. The molecule has 1 amide bonds. The summed E-state index contributed by atoms with van der Waals surface area (Å²) in [4.78, 5) is 23.2. The van der Waals surface area contributed by atoms with Crippen molar-refractivity contribution < 1.29 is 19.1 Å². The molecule has 108 valence electrons. The molecule has 5 heteroatoms. The molecular formula is C15H18FNO3. The number of carboxylic acids is 1. The van der Waals surface area contributed by atoms with Gasteiger partial charge >= 0.3 is 5.97 Å². The summed E-state index contributed by atoms with van der Waals surface area (Å²) in [6.45, 7) is 5.34. The summed E-state index contributed by atoms with van der Waals surface area (Å²) in [7, 11) is 0. The van der Waals surface area contributed by atoms with E-state index < -0.39 is 23.2 Å². The number of aliphatic carboxylic acids is 1. The lowest BCUT2D eigenvalue weighted by Gasteiger charge is -2.15. The molecule has 1 aromatic rings. The minimum Gasteiger partial charge on any atom is -0.481 e. The van der Waals surface area contributed by atoms with Crippen molar-refractivity contribution in [3.63, 3.8) is 0 Å². The molecule has 0 spiro atoms. The molecule has 0 aromatic heterocycles. The normalized spacial score (nSPS) is 24.8. The van der Waals surface area contributed by atoms with Crippen LogP contribution in [0.15, 0.2) is 24.3 Å². The first-order chi connectivity index (χ1) is 9.25. The average molecular weight is 279 g/mol. The number of carbonyl (C=O) groups excluding carboxylic acids is 1. The minimum absolute atomic E-state index is 0.265. The fourth-order valence-electron chi connectivity index (χ4n) is 2.73. The molecule has 3 atom stereocenters. The molecule has 1 fully saturated rings. The number of benzene rings is 1. The molecule has 0 heterocycles. The monoisotopic (exact) mass is 279 g/mol. The lowest BCUT2D eigenvalue weighted by molar-refractivity contribution is -0.140. The van der Waals surface area contributed by atoms with Gasteiger partial charge in [0, 0.05) is 0 Å². The second kappa shape index (κ2) is 4.89. The molecule has 20 heavy (non-hydrogen) atoms. The molecule has 0 radical (unpaired) electrons. The fourth-order valence-corrected chi connectivity index (χ4v) is 2.73. The van der Waals surface area contributed by atoms with Gasteiger partial charge in [0.05, 0.1) is 17.9 Å². The third kappa shape index (κ3) is 2.53. The molecule has 2 rings (SSSR count). The number of hydrogen-bond acceptors (Lipinski definition) is 2. The molecule has 1 aliphatic carbocycles. The molecule has 1 aromatic carbocycles. The van der Waals surface area contributed by atoms with E-state index in [1.165, 1.54) is 12.1 Å². The third-order valence-corrected chi connectivity index (χ3v) is 4.10. The first kappa shape index (κ1) is 14.5. The van der Waals surface area contributed by atoms with Crippen LogP contribution in [0.1, 0.15) is 32.4 Å². The van der Waals surface area contributed by atoms with Gasteiger partial charge in [0.2, 0.25) is 5.91 Å². The van der Waals surface area contributed by atoms with Crippen LogP contribution in [0.3, 0.4) is 0 Å². The highest BCUT2D eigenvalue weighted by molar-refractivity contribution is 5.91.